The standard InChI is InChI=1S/C15H21NO8/c1-3-21-12(17)5-6-14(19)23-10-11(9-16)24-15(20)8-7-13(18)22-4-2/h5-8,11H,3-4,9-10,16H2,1-2H3/b6-5+,8-7+. The van der Waals surface area contributed by atoms with Gasteiger partial charge in [0.1, 0.15) is 12.7 Å². The second-order valence-electron chi connectivity index (χ2n) is 4.10. The average molecular weight is 343 g/mol. The van der Waals surface area contributed by atoms with Crippen molar-refractivity contribution in [1.29, 1.82) is 0 Å². The molecule has 2 N–H and O–H groups in total. The highest BCUT2D eigenvalue weighted by Gasteiger charge is 2.13. The van der Waals surface area contributed by atoms with E-state index in [-0.39, 0.29) is 26.4 Å². The summed E-state index contributed by atoms with van der Waals surface area (Å²) in [7, 11) is 0. The van der Waals surface area contributed by atoms with Gasteiger partial charge in [0.05, 0.1) is 13.2 Å². The molecule has 24 heavy (non-hydrogen) atoms. The zero-order valence-electron chi connectivity index (χ0n) is 13.6. The first-order valence-electron chi connectivity index (χ1n) is 7.20. The minimum absolute atomic E-state index is 0.103. The smallest absolute Gasteiger partial charge is 0.331 e. The lowest BCUT2D eigenvalue weighted by Gasteiger charge is -2.14. The fourth-order valence-electron chi connectivity index (χ4n) is 1.23. The van der Waals surface area contributed by atoms with Gasteiger partial charge in [-0.2, -0.15) is 0 Å². The molecule has 0 aliphatic heterocycles. The van der Waals surface area contributed by atoms with E-state index in [2.05, 4.69) is 9.47 Å². The van der Waals surface area contributed by atoms with E-state index in [0.717, 1.165) is 24.3 Å². The van der Waals surface area contributed by atoms with Crippen LogP contribution in [0.2, 0.25) is 0 Å². The quantitative estimate of drug-likeness (QED) is 0.321. The molecular formula is C15H21NO8. The van der Waals surface area contributed by atoms with E-state index in [0.29, 0.717) is 0 Å². The van der Waals surface area contributed by atoms with Crippen LogP contribution in [0.3, 0.4) is 0 Å². The van der Waals surface area contributed by atoms with Gasteiger partial charge in [-0.05, 0) is 13.8 Å². The monoisotopic (exact) mass is 343 g/mol. The third-order valence-electron chi connectivity index (χ3n) is 2.24. The number of rotatable bonds is 10. The molecule has 0 heterocycles. The van der Waals surface area contributed by atoms with Gasteiger partial charge < -0.3 is 24.7 Å². The normalized spacial score (nSPS) is 12.0. The van der Waals surface area contributed by atoms with Crippen molar-refractivity contribution in [2.45, 2.75) is 20.0 Å². The van der Waals surface area contributed by atoms with E-state index in [9.17, 15) is 19.2 Å². The highest BCUT2D eigenvalue weighted by molar-refractivity contribution is 5.92. The lowest BCUT2D eigenvalue weighted by Crippen LogP contribution is -2.31. The van der Waals surface area contributed by atoms with Crippen LogP contribution in [0.25, 0.3) is 0 Å². The van der Waals surface area contributed by atoms with Crippen LogP contribution < -0.4 is 5.73 Å². The van der Waals surface area contributed by atoms with Crippen LogP contribution in [0, 0.1) is 0 Å². The minimum atomic E-state index is -0.899. The van der Waals surface area contributed by atoms with Gasteiger partial charge in [-0.1, -0.05) is 0 Å². The predicted octanol–water partition coefficient (Wildman–Crippen LogP) is -0.361. The van der Waals surface area contributed by atoms with Crippen molar-refractivity contribution >= 4 is 23.9 Å². The zero-order chi connectivity index (χ0) is 18.4. The van der Waals surface area contributed by atoms with E-state index < -0.39 is 30.0 Å². The summed E-state index contributed by atoms with van der Waals surface area (Å²) in [5.41, 5.74) is 5.40. The topological polar surface area (TPSA) is 131 Å². The van der Waals surface area contributed by atoms with Gasteiger partial charge in [0.25, 0.3) is 0 Å². The molecule has 0 saturated carbocycles. The van der Waals surface area contributed by atoms with Gasteiger partial charge in [-0.3, -0.25) is 0 Å². The Kier molecular flexibility index (Phi) is 11.4. The molecule has 0 aromatic carbocycles. The number of ether oxygens (including phenoxy) is 4. The summed E-state index contributed by atoms with van der Waals surface area (Å²) in [6, 6.07) is 0. The second-order valence-corrected chi connectivity index (χ2v) is 4.10. The molecule has 0 aliphatic rings. The van der Waals surface area contributed by atoms with E-state index in [1.807, 2.05) is 0 Å². The summed E-state index contributed by atoms with van der Waals surface area (Å²) in [4.78, 5) is 44.9. The van der Waals surface area contributed by atoms with Crippen LogP contribution in [-0.4, -0.2) is 56.3 Å². The van der Waals surface area contributed by atoms with Crippen molar-refractivity contribution in [2.75, 3.05) is 26.4 Å². The Balaban J connectivity index is 4.27. The number of hydrogen-bond donors (Lipinski definition) is 1. The molecule has 0 rings (SSSR count). The summed E-state index contributed by atoms with van der Waals surface area (Å²) in [5, 5.41) is 0. The maximum absolute atomic E-state index is 11.5. The molecule has 0 bridgehead atoms. The van der Waals surface area contributed by atoms with Crippen LogP contribution in [0.4, 0.5) is 0 Å². The highest BCUT2D eigenvalue weighted by Crippen LogP contribution is 1.96. The zero-order valence-corrected chi connectivity index (χ0v) is 13.6. The SMILES string of the molecule is CCOC(=O)/C=C/C(=O)OCC(CN)OC(=O)/C=C/C(=O)OCC. The van der Waals surface area contributed by atoms with Crippen LogP contribution in [0.5, 0.6) is 0 Å². The number of nitrogens with two attached hydrogens (primary N) is 1. The van der Waals surface area contributed by atoms with Gasteiger partial charge >= 0.3 is 23.9 Å². The molecule has 9 nitrogen and oxygen atoms in total. The lowest BCUT2D eigenvalue weighted by molar-refractivity contribution is -0.152. The molecule has 1 atom stereocenters. The Hall–Kier alpha value is -2.68. The largest absolute Gasteiger partial charge is 0.463 e. The van der Waals surface area contributed by atoms with Crippen LogP contribution in [0.1, 0.15) is 13.8 Å². The summed E-state index contributed by atoms with van der Waals surface area (Å²) < 4.78 is 18.9. The molecule has 0 fully saturated rings. The molecule has 0 spiro atoms. The summed E-state index contributed by atoms with van der Waals surface area (Å²) in [5.74, 6) is -3.02. The van der Waals surface area contributed by atoms with Gasteiger partial charge in [0, 0.05) is 30.8 Å². The number of esters is 4. The fourth-order valence-corrected chi connectivity index (χ4v) is 1.23. The predicted molar refractivity (Wildman–Crippen MR) is 81.4 cm³/mol. The third-order valence-corrected chi connectivity index (χ3v) is 2.24. The second kappa shape index (κ2) is 12.8. The average Bonchev–Trinajstić information content (AvgIpc) is 2.55. The van der Waals surface area contributed by atoms with Crippen molar-refractivity contribution in [3.05, 3.63) is 24.3 Å². The van der Waals surface area contributed by atoms with E-state index >= 15 is 0 Å². The molecule has 0 radical (unpaired) electrons. The Morgan fingerprint density at radius 3 is 1.62 bits per heavy atom. The Morgan fingerprint density at radius 1 is 0.792 bits per heavy atom. The van der Waals surface area contributed by atoms with Crippen molar-refractivity contribution in [3.8, 4) is 0 Å². The molecule has 0 saturated heterocycles. The maximum atomic E-state index is 11.5. The van der Waals surface area contributed by atoms with Crippen LogP contribution in [-0.2, 0) is 38.1 Å². The lowest BCUT2D eigenvalue weighted by atomic mass is 10.3. The number of hydrogen-bond acceptors (Lipinski definition) is 9. The molecule has 0 aliphatic carbocycles. The summed E-state index contributed by atoms with van der Waals surface area (Å²) >= 11 is 0. The molecule has 134 valence electrons. The molecule has 9 heteroatoms. The maximum Gasteiger partial charge on any atom is 0.331 e. The first-order valence-corrected chi connectivity index (χ1v) is 7.20. The van der Waals surface area contributed by atoms with Crippen LogP contribution in [0.15, 0.2) is 24.3 Å². The van der Waals surface area contributed by atoms with Gasteiger partial charge in [0.2, 0.25) is 0 Å². The molecule has 1 unspecified atom stereocenters. The van der Waals surface area contributed by atoms with Crippen LogP contribution >= 0.6 is 0 Å². The third kappa shape index (κ3) is 11.0. The Labute approximate surface area is 139 Å². The summed E-state index contributed by atoms with van der Waals surface area (Å²) in [6.45, 7) is 3.21. The van der Waals surface area contributed by atoms with Gasteiger partial charge in [-0.25, -0.2) is 19.2 Å². The summed E-state index contributed by atoms with van der Waals surface area (Å²) in [6.07, 6.45) is 2.69. The number of carbonyl (C=O) groups is 4. The van der Waals surface area contributed by atoms with Crippen molar-refractivity contribution < 1.29 is 38.1 Å². The van der Waals surface area contributed by atoms with E-state index in [1.165, 1.54) is 0 Å². The highest BCUT2D eigenvalue weighted by atomic mass is 16.6. The fraction of sp³-hybridized carbons (Fsp3) is 0.467. The molecule has 0 aromatic heterocycles. The van der Waals surface area contributed by atoms with E-state index in [4.69, 9.17) is 15.2 Å². The molecule has 0 amide bonds. The molecular weight excluding hydrogens is 322 g/mol. The first-order chi connectivity index (χ1) is 11.4. The Morgan fingerprint density at radius 2 is 1.21 bits per heavy atom. The van der Waals surface area contributed by atoms with Gasteiger partial charge in [-0.15, -0.1) is 0 Å². The number of carbonyl (C=O) groups excluding carboxylic acids is 4. The van der Waals surface area contributed by atoms with Crippen molar-refractivity contribution in [2.24, 2.45) is 5.73 Å². The van der Waals surface area contributed by atoms with Crippen molar-refractivity contribution in [3.63, 3.8) is 0 Å². The van der Waals surface area contributed by atoms with Gasteiger partial charge in [0.15, 0.2) is 0 Å². The molecule has 0 aromatic rings. The minimum Gasteiger partial charge on any atom is -0.463 e. The van der Waals surface area contributed by atoms with Crippen molar-refractivity contribution in [1.82, 2.24) is 0 Å². The first kappa shape index (κ1) is 21.3. The Bertz CT molecular complexity index is 498. The van der Waals surface area contributed by atoms with E-state index in [1.54, 1.807) is 13.8 Å².